The first-order valence-electron chi connectivity index (χ1n) is 7.03. The van der Waals surface area contributed by atoms with Crippen LogP contribution in [0.3, 0.4) is 0 Å². The highest BCUT2D eigenvalue weighted by atomic mass is 16.2. The van der Waals surface area contributed by atoms with E-state index >= 15 is 0 Å². The largest absolute Gasteiger partial charge is 0.387 e. The third-order valence-electron chi connectivity index (χ3n) is 3.61. The van der Waals surface area contributed by atoms with Gasteiger partial charge in [0.2, 0.25) is 0 Å². The minimum Gasteiger partial charge on any atom is -0.387 e. The van der Waals surface area contributed by atoms with Gasteiger partial charge in [-0.15, -0.1) is 0 Å². The number of carbonyl (C=O) groups is 2. The van der Waals surface area contributed by atoms with Crippen molar-refractivity contribution < 1.29 is 9.59 Å². The third kappa shape index (κ3) is 2.74. The van der Waals surface area contributed by atoms with E-state index in [2.05, 4.69) is 10.6 Å². The monoisotopic (exact) mass is 305 g/mol. The highest BCUT2D eigenvalue weighted by molar-refractivity contribution is 6.21. The van der Waals surface area contributed by atoms with Crippen molar-refractivity contribution in [2.24, 2.45) is 5.22 Å². The van der Waals surface area contributed by atoms with Crippen LogP contribution >= 0.6 is 0 Å². The first kappa shape index (κ1) is 14.6. The van der Waals surface area contributed by atoms with Gasteiger partial charge in [0.15, 0.2) is 0 Å². The average Bonchev–Trinajstić information content (AvgIpc) is 2.84. The molecule has 0 aromatic heterocycles. The molecule has 0 bridgehead atoms. The molecular formula is C17H13N4O2-. The Balaban J connectivity index is 1.85. The summed E-state index contributed by atoms with van der Waals surface area (Å²) in [4.78, 5) is 25.8. The number of hydrogen-bond acceptors (Lipinski definition) is 3. The molecule has 0 saturated heterocycles. The van der Waals surface area contributed by atoms with Crippen molar-refractivity contribution in [2.75, 3.05) is 6.54 Å². The van der Waals surface area contributed by atoms with E-state index in [1.54, 1.807) is 30.3 Å². The molecular weight excluding hydrogens is 292 g/mol. The summed E-state index contributed by atoms with van der Waals surface area (Å²) in [7, 11) is 0. The molecule has 114 valence electrons. The molecule has 2 aromatic carbocycles. The van der Waals surface area contributed by atoms with E-state index in [4.69, 9.17) is 5.53 Å². The fourth-order valence-corrected chi connectivity index (χ4v) is 2.49. The number of nitrogens with one attached hydrogen (secondary N) is 1. The Labute approximate surface area is 132 Å². The molecule has 0 saturated carbocycles. The molecule has 0 fully saturated rings. The first-order chi connectivity index (χ1) is 11.2. The van der Waals surface area contributed by atoms with Crippen molar-refractivity contribution in [3.8, 4) is 0 Å². The predicted octanol–water partition coefficient (Wildman–Crippen LogP) is 2.85. The number of rotatable bonds is 5. The van der Waals surface area contributed by atoms with E-state index in [0.29, 0.717) is 16.8 Å². The zero-order valence-electron chi connectivity index (χ0n) is 12.1. The zero-order valence-corrected chi connectivity index (χ0v) is 12.1. The van der Waals surface area contributed by atoms with Gasteiger partial charge in [-0.1, -0.05) is 48.5 Å². The SMILES string of the molecule is [N-]=NN/C(=C/CN1C(=O)c2ccccc2C1=O)c1ccccc1. The maximum absolute atomic E-state index is 12.3. The highest BCUT2D eigenvalue weighted by Crippen LogP contribution is 2.22. The van der Waals surface area contributed by atoms with Gasteiger partial charge in [-0.2, -0.15) is 0 Å². The summed E-state index contributed by atoms with van der Waals surface area (Å²) >= 11 is 0. The lowest BCUT2D eigenvalue weighted by atomic mass is 10.1. The van der Waals surface area contributed by atoms with Gasteiger partial charge >= 0.3 is 0 Å². The molecule has 2 amide bonds. The Hall–Kier alpha value is -3.28. The van der Waals surface area contributed by atoms with Gasteiger partial charge in [-0.3, -0.25) is 19.7 Å². The van der Waals surface area contributed by atoms with Crippen LogP contribution in [0.25, 0.3) is 11.2 Å². The normalized spacial score (nSPS) is 13.9. The smallest absolute Gasteiger partial charge is 0.261 e. The van der Waals surface area contributed by atoms with E-state index < -0.39 is 0 Å². The number of fused-ring (bicyclic) bond motifs is 1. The summed E-state index contributed by atoms with van der Waals surface area (Å²) in [5.74, 6) is -0.648. The van der Waals surface area contributed by atoms with Crippen LogP contribution in [-0.2, 0) is 0 Å². The molecule has 0 unspecified atom stereocenters. The lowest BCUT2D eigenvalue weighted by Gasteiger charge is -2.16. The van der Waals surface area contributed by atoms with Crippen LogP contribution in [0, 0.1) is 0 Å². The molecule has 1 heterocycles. The van der Waals surface area contributed by atoms with Gasteiger partial charge in [0, 0.05) is 6.54 Å². The van der Waals surface area contributed by atoms with E-state index in [1.807, 2.05) is 30.3 Å². The van der Waals surface area contributed by atoms with Crippen molar-refractivity contribution >= 4 is 17.5 Å². The molecule has 23 heavy (non-hydrogen) atoms. The Morgan fingerprint density at radius 2 is 1.57 bits per heavy atom. The number of imide groups is 1. The van der Waals surface area contributed by atoms with Crippen LogP contribution in [0.2, 0.25) is 0 Å². The summed E-state index contributed by atoms with van der Waals surface area (Å²) in [6, 6.07) is 15.9. The molecule has 0 spiro atoms. The number of amides is 2. The van der Waals surface area contributed by atoms with Crippen LogP contribution < -0.4 is 5.43 Å². The summed E-state index contributed by atoms with van der Waals surface area (Å²) < 4.78 is 0. The van der Waals surface area contributed by atoms with Crippen molar-refractivity contribution in [3.63, 3.8) is 0 Å². The number of benzene rings is 2. The van der Waals surface area contributed by atoms with Crippen LogP contribution in [0.1, 0.15) is 26.3 Å². The lowest BCUT2D eigenvalue weighted by Crippen LogP contribution is -2.30. The molecule has 6 nitrogen and oxygen atoms in total. The van der Waals surface area contributed by atoms with Crippen molar-refractivity contribution in [2.45, 2.75) is 0 Å². The minimum absolute atomic E-state index is 0.0824. The molecule has 2 aromatic rings. The fourth-order valence-electron chi connectivity index (χ4n) is 2.49. The lowest BCUT2D eigenvalue weighted by molar-refractivity contribution is 0.0672. The van der Waals surface area contributed by atoms with E-state index in [9.17, 15) is 9.59 Å². The summed E-state index contributed by atoms with van der Waals surface area (Å²) in [5.41, 5.74) is 13.3. The molecule has 3 rings (SSSR count). The topological polar surface area (TPSA) is 84.1 Å². The van der Waals surface area contributed by atoms with Gasteiger partial charge in [0.1, 0.15) is 0 Å². The molecule has 6 heteroatoms. The Kier molecular flexibility index (Phi) is 3.97. The maximum Gasteiger partial charge on any atom is 0.261 e. The summed E-state index contributed by atoms with van der Waals surface area (Å²) in [6.07, 6.45) is 1.64. The fraction of sp³-hybridized carbons (Fsp3) is 0.0588. The summed E-state index contributed by atoms with van der Waals surface area (Å²) in [5, 5.41) is 2.93. The van der Waals surface area contributed by atoms with Crippen molar-refractivity contribution in [1.29, 1.82) is 0 Å². The van der Waals surface area contributed by atoms with Gasteiger partial charge in [0.25, 0.3) is 11.8 Å². The molecule has 1 N–H and O–H groups in total. The van der Waals surface area contributed by atoms with Crippen LogP contribution in [0.5, 0.6) is 0 Å². The summed E-state index contributed by atoms with van der Waals surface area (Å²) in [6.45, 7) is 0.0824. The van der Waals surface area contributed by atoms with Crippen LogP contribution in [0.15, 0.2) is 65.9 Å². The van der Waals surface area contributed by atoms with E-state index in [0.717, 1.165) is 10.5 Å². The van der Waals surface area contributed by atoms with Gasteiger partial charge < -0.3 is 11.0 Å². The number of carbonyl (C=O) groups excluding carboxylic acids is 2. The molecule has 0 atom stereocenters. The van der Waals surface area contributed by atoms with Crippen molar-refractivity contribution in [1.82, 2.24) is 10.3 Å². The van der Waals surface area contributed by atoms with Gasteiger partial charge in [-0.05, 0) is 23.4 Å². The van der Waals surface area contributed by atoms with Gasteiger partial charge in [-0.25, -0.2) is 0 Å². The second-order valence-electron chi connectivity index (χ2n) is 4.96. The maximum atomic E-state index is 12.3. The first-order valence-corrected chi connectivity index (χ1v) is 7.03. The zero-order chi connectivity index (χ0) is 16.2. The predicted molar refractivity (Wildman–Crippen MR) is 85.2 cm³/mol. The van der Waals surface area contributed by atoms with E-state index in [-0.39, 0.29) is 18.4 Å². The Morgan fingerprint density at radius 1 is 1.00 bits per heavy atom. The van der Waals surface area contributed by atoms with Gasteiger partial charge in [0.05, 0.1) is 11.1 Å². The second kappa shape index (κ2) is 6.23. The second-order valence-corrected chi connectivity index (χ2v) is 4.96. The number of hydrogen-bond donors (Lipinski definition) is 1. The molecule has 1 aliphatic rings. The molecule has 1 aliphatic heterocycles. The van der Waals surface area contributed by atoms with Crippen LogP contribution in [0.4, 0.5) is 0 Å². The highest BCUT2D eigenvalue weighted by Gasteiger charge is 2.34. The van der Waals surface area contributed by atoms with E-state index in [1.165, 1.54) is 0 Å². The van der Waals surface area contributed by atoms with Crippen LogP contribution in [-0.4, -0.2) is 23.3 Å². The average molecular weight is 305 g/mol. The number of nitrogens with zero attached hydrogens (tertiary/aromatic N) is 3. The quantitative estimate of drug-likeness (QED) is 0.523. The van der Waals surface area contributed by atoms with Crippen molar-refractivity contribution in [3.05, 3.63) is 82.9 Å². The third-order valence-corrected chi connectivity index (χ3v) is 3.61. The Morgan fingerprint density at radius 3 is 2.13 bits per heavy atom. The minimum atomic E-state index is -0.324. The molecule has 0 aliphatic carbocycles. The standard InChI is InChI=1S/C17H13N4O2/c18-20-19-15(12-6-2-1-3-7-12)10-11-21-16(22)13-8-4-5-9-14(13)17(21)23/h1-10H,11H2,(H-,18,19)/q-1/b15-10+. The Bertz CT molecular complexity index is 764. The molecule has 0 radical (unpaired) electrons.